The van der Waals surface area contributed by atoms with Crippen LogP contribution in [0.2, 0.25) is 0 Å². The topological polar surface area (TPSA) is 131 Å². The summed E-state index contributed by atoms with van der Waals surface area (Å²) in [6.07, 6.45) is 0. The standard InChI is InChI=1S/C18H15FN6O3S/c1-12-22-23-24-25(12)17-8-15(6-7-16(17)19)21-18(26)11-29(27,28)10-14-4-2-13(9-20)3-5-14/h2-8H,10-11H2,1H3,(H,21,26). The largest absolute Gasteiger partial charge is 0.325 e. The summed E-state index contributed by atoms with van der Waals surface area (Å²) in [4.78, 5) is 12.2. The van der Waals surface area contributed by atoms with Gasteiger partial charge in [-0.2, -0.15) is 9.94 Å². The molecule has 1 amide bonds. The molecule has 148 valence electrons. The Kier molecular flexibility index (Phi) is 5.65. The minimum absolute atomic E-state index is 0.0192. The number of tetrazole rings is 1. The molecule has 3 rings (SSSR count). The normalized spacial score (nSPS) is 11.1. The average Bonchev–Trinajstić information content (AvgIpc) is 3.09. The summed E-state index contributed by atoms with van der Waals surface area (Å²) in [5, 5.41) is 22.0. The predicted octanol–water partition coefficient (Wildman–Crippen LogP) is 1.53. The number of benzene rings is 2. The zero-order valence-corrected chi connectivity index (χ0v) is 16.0. The molecule has 0 saturated carbocycles. The molecule has 1 N–H and O–H groups in total. The number of sulfone groups is 1. The Morgan fingerprint density at radius 3 is 2.59 bits per heavy atom. The lowest BCUT2D eigenvalue weighted by atomic mass is 10.2. The van der Waals surface area contributed by atoms with Crippen molar-refractivity contribution in [2.24, 2.45) is 0 Å². The van der Waals surface area contributed by atoms with E-state index in [1.54, 1.807) is 6.92 Å². The summed E-state index contributed by atoms with van der Waals surface area (Å²) in [6.45, 7) is 1.58. The summed E-state index contributed by atoms with van der Waals surface area (Å²) in [5.41, 5.74) is 1.10. The molecule has 0 radical (unpaired) electrons. The molecule has 0 fully saturated rings. The summed E-state index contributed by atoms with van der Waals surface area (Å²) in [5.74, 6) is -2.11. The van der Waals surface area contributed by atoms with E-state index in [1.807, 2.05) is 6.07 Å². The van der Waals surface area contributed by atoms with Crippen molar-refractivity contribution in [3.63, 3.8) is 0 Å². The summed E-state index contributed by atoms with van der Waals surface area (Å²) in [6, 6.07) is 11.7. The molecule has 0 aliphatic rings. The van der Waals surface area contributed by atoms with E-state index >= 15 is 0 Å². The molecule has 0 atom stereocenters. The van der Waals surface area contributed by atoms with E-state index in [0.29, 0.717) is 17.0 Å². The zero-order chi connectivity index (χ0) is 21.0. The Balaban J connectivity index is 1.70. The first-order chi connectivity index (χ1) is 13.8. The Hall–Kier alpha value is -3.65. The van der Waals surface area contributed by atoms with Gasteiger partial charge in [0.1, 0.15) is 17.3 Å². The molecule has 0 spiro atoms. The average molecular weight is 414 g/mol. The number of nitriles is 1. The fraction of sp³-hybridized carbons (Fsp3) is 0.167. The first-order valence-corrected chi connectivity index (χ1v) is 10.1. The molecule has 2 aromatic carbocycles. The maximum atomic E-state index is 14.1. The molecule has 11 heteroatoms. The van der Waals surface area contributed by atoms with E-state index in [9.17, 15) is 17.6 Å². The monoisotopic (exact) mass is 414 g/mol. The molecule has 29 heavy (non-hydrogen) atoms. The van der Waals surface area contributed by atoms with Crippen molar-refractivity contribution in [2.75, 3.05) is 11.1 Å². The van der Waals surface area contributed by atoms with Crippen LogP contribution in [0.5, 0.6) is 0 Å². The van der Waals surface area contributed by atoms with Gasteiger partial charge in [-0.15, -0.1) is 5.10 Å². The molecule has 0 aliphatic carbocycles. The van der Waals surface area contributed by atoms with Crippen molar-refractivity contribution in [3.05, 3.63) is 65.2 Å². The Morgan fingerprint density at radius 2 is 1.97 bits per heavy atom. The second kappa shape index (κ2) is 8.15. The van der Waals surface area contributed by atoms with Gasteiger partial charge in [-0.05, 0) is 53.2 Å². The number of amides is 1. The summed E-state index contributed by atoms with van der Waals surface area (Å²) in [7, 11) is -3.75. The Labute approximate surface area is 165 Å². The van der Waals surface area contributed by atoms with E-state index in [1.165, 1.54) is 36.4 Å². The van der Waals surface area contributed by atoms with Gasteiger partial charge in [0.15, 0.2) is 15.7 Å². The number of hydrogen-bond donors (Lipinski definition) is 1. The van der Waals surface area contributed by atoms with Crippen LogP contribution in [-0.4, -0.2) is 40.3 Å². The Morgan fingerprint density at radius 1 is 1.24 bits per heavy atom. The van der Waals surface area contributed by atoms with Gasteiger partial charge >= 0.3 is 0 Å². The predicted molar refractivity (Wildman–Crippen MR) is 101 cm³/mol. The number of carbonyl (C=O) groups is 1. The van der Waals surface area contributed by atoms with Crippen molar-refractivity contribution in [1.82, 2.24) is 20.2 Å². The smallest absolute Gasteiger partial charge is 0.239 e. The maximum absolute atomic E-state index is 14.1. The third kappa shape index (κ3) is 4.99. The molecular weight excluding hydrogens is 399 g/mol. The van der Waals surface area contributed by atoms with Crippen molar-refractivity contribution < 1.29 is 17.6 Å². The van der Waals surface area contributed by atoms with Crippen LogP contribution in [0.1, 0.15) is 17.0 Å². The number of halogens is 1. The second-order valence-electron chi connectivity index (χ2n) is 6.19. The van der Waals surface area contributed by atoms with Gasteiger partial charge in [0.05, 0.1) is 17.4 Å². The third-order valence-corrected chi connectivity index (χ3v) is 5.38. The van der Waals surface area contributed by atoms with Gasteiger partial charge in [0.25, 0.3) is 0 Å². The van der Waals surface area contributed by atoms with Crippen LogP contribution in [0, 0.1) is 24.1 Å². The fourth-order valence-corrected chi connectivity index (χ4v) is 3.86. The van der Waals surface area contributed by atoms with Crippen molar-refractivity contribution >= 4 is 21.4 Å². The number of hydrogen-bond acceptors (Lipinski definition) is 7. The van der Waals surface area contributed by atoms with Gasteiger partial charge in [-0.1, -0.05) is 12.1 Å². The summed E-state index contributed by atoms with van der Waals surface area (Å²) >= 11 is 0. The molecule has 1 aromatic heterocycles. The second-order valence-corrected chi connectivity index (χ2v) is 8.26. The number of nitrogens with zero attached hydrogens (tertiary/aromatic N) is 5. The molecule has 1 heterocycles. The highest BCUT2D eigenvalue weighted by Gasteiger charge is 2.19. The van der Waals surface area contributed by atoms with E-state index in [4.69, 9.17) is 5.26 Å². The third-order valence-electron chi connectivity index (χ3n) is 3.90. The number of nitrogens with one attached hydrogen (secondary N) is 1. The molecule has 0 bridgehead atoms. The van der Waals surface area contributed by atoms with Crippen LogP contribution < -0.4 is 5.32 Å². The quantitative estimate of drug-likeness (QED) is 0.647. The fourth-order valence-electron chi connectivity index (χ4n) is 2.58. The van der Waals surface area contributed by atoms with Crippen LogP contribution in [0.3, 0.4) is 0 Å². The number of aromatic nitrogens is 4. The molecule has 0 aliphatic heterocycles. The highest BCUT2D eigenvalue weighted by atomic mass is 32.2. The van der Waals surface area contributed by atoms with Gasteiger partial charge in [0.2, 0.25) is 5.91 Å². The lowest BCUT2D eigenvalue weighted by Gasteiger charge is -2.09. The SMILES string of the molecule is Cc1nnnn1-c1cc(NC(=O)CS(=O)(=O)Cc2ccc(C#N)cc2)ccc1F. The zero-order valence-electron chi connectivity index (χ0n) is 15.2. The lowest BCUT2D eigenvalue weighted by molar-refractivity contribution is -0.113. The van der Waals surface area contributed by atoms with Crippen LogP contribution in [-0.2, 0) is 20.4 Å². The van der Waals surface area contributed by atoms with E-state index in [0.717, 1.165) is 10.7 Å². The number of aryl methyl sites for hydroxylation is 1. The van der Waals surface area contributed by atoms with Crippen molar-refractivity contribution in [2.45, 2.75) is 12.7 Å². The highest BCUT2D eigenvalue weighted by molar-refractivity contribution is 7.91. The van der Waals surface area contributed by atoms with E-state index in [-0.39, 0.29) is 17.1 Å². The lowest BCUT2D eigenvalue weighted by Crippen LogP contribution is -2.24. The maximum Gasteiger partial charge on any atom is 0.239 e. The van der Waals surface area contributed by atoms with Gasteiger partial charge < -0.3 is 5.32 Å². The van der Waals surface area contributed by atoms with Gasteiger partial charge in [-0.25, -0.2) is 12.8 Å². The van der Waals surface area contributed by atoms with Gasteiger partial charge in [0, 0.05) is 5.69 Å². The van der Waals surface area contributed by atoms with Crippen molar-refractivity contribution in [1.29, 1.82) is 5.26 Å². The van der Waals surface area contributed by atoms with Crippen LogP contribution in [0.25, 0.3) is 5.69 Å². The minimum Gasteiger partial charge on any atom is -0.325 e. The van der Waals surface area contributed by atoms with Crippen LogP contribution in [0.15, 0.2) is 42.5 Å². The molecular formula is C18H15FN6O3S. The summed E-state index contributed by atoms with van der Waals surface area (Å²) < 4.78 is 39.8. The first-order valence-electron chi connectivity index (χ1n) is 8.31. The van der Waals surface area contributed by atoms with Crippen LogP contribution >= 0.6 is 0 Å². The molecule has 3 aromatic rings. The molecule has 9 nitrogen and oxygen atoms in total. The molecule has 0 unspecified atom stereocenters. The highest BCUT2D eigenvalue weighted by Crippen LogP contribution is 2.19. The first kappa shape index (κ1) is 20.1. The number of rotatable bonds is 6. The van der Waals surface area contributed by atoms with E-state index in [2.05, 4.69) is 20.8 Å². The minimum atomic E-state index is -3.75. The molecule has 0 saturated heterocycles. The van der Waals surface area contributed by atoms with Crippen molar-refractivity contribution in [3.8, 4) is 11.8 Å². The number of anilines is 1. The number of carbonyl (C=O) groups excluding carboxylic acids is 1. The van der Waals surface area contributed by atoms with E-state index < -0.39 is 27.3 Å². The van der Waals surface area contributed by atoms with Crippen LogP contribution in [0.4, 0.5) is 10.1 Å². The Bertz CT molecular complexity index is 1200. The van der Waals surface area contributed by atoms with Gasteiger partial charge in [-0.3, -0.25) is 4.79 Å².